The summed E-state index contributed by atoms with van der Waals surface area (Å²) in [6.07, 6.45) is 80.1. The fourth-order valence-electron chi connectivity index (χ4n) is 9.21. The summed E-state index contributed by atoms with van der Waals surface area (Å²) in [6.45, 7) is 4.33. The average Bonchev–Trinajstić information content (AvgIpc) is 3.32. The zero-order valence-corrected chi connectivity index (χ0v) is 44.7. The molecule has 0 heterocycles. The Balaban J connectivity index is 3.53. The van der Waals surface area contributed by atoms with Crippen LogP contribution in [0.5, 0.6) is 0 Å². The summed E-state index contributed by atoms with van der Waals surface area (Å²) < 4.78 is 0. The maximum atomic E-state index is 12.5. The van der Waals surface area contributed by atoms with Gasteiger partial charge in [-0.25, -0.2) is 0 Å². The van der Waals surface area contributed by atoms with Crippen LogP contribution >= 0.6 is 0 Å². The van der Waals surface area contributed by atoms with Gasteiger partial charge in [-0.2, -0.15) is 0 Å². The lowest BCUT2D eigenvalue weighted by molar-refractivity contribution is -0.123. The van der Waals surface area contributed by atoms with Crippen molar-refractivity contribution in [3.8, 4) is 0 Å². The smallest absolute Gasteiger partial charge is 0.220 e. The van der Waals surface area contributed by atoms with Crippen LogP contribution in [0.4, 0.5) is 0 Å². The van der Waals surface area contributed by atoms with Crippen molar-refractivity contribution in [3.63, 3.8) is 0 Å². The minimum Gasteiger partial charge on any atom is -0.394 e. The van der Waals surface area contributed by atoms with Gasteiger partial charge in [0.1, 0.15) is 0 Å². The number of unbranched alkanes of at least 4 members (excludes halogenated alkanes) is 42. The van der Waals surface area contributed by atoms with Gasteiger partial charge in [-0.3, -0.25) is 4.79 Å². The average molecular weight is 925 g/mol. The molecule has 0 aliphatic carbocycles. The molecule has 0 radical (unpaired) electrons. The lowest BCUT2D eigenvalue weighted by Gasteiger charge is -2.19. The Labute approximate surface area is 414 Å². The normalized spacial score (nSPS) is 13.1. The van der Waals surface area contributed by atoms with E-state index in [2.05, 4.69) is 55.6 Å². The van der Waals surface area contributed by atoms with Crippen molar-refractivity contribution in [2.45, 2.75) is 334 Å². The third-order valence-corrected chi connectivity index (χ3v) is 13.8. The van der Waals surface area contributed by atoms with E-state index < -0.39 is 12.1 Å². The molecule has 388 valence electrons. The van der Waals surface area contributed by atoms with Crippen LogP contribution in [0, 0.1) is 0 Å². The van der Waals surface area contributed by atoms with Crippen molar-refractivity contribution in [1.82, 2.24) is 5.32 Å². The maximum absolute atomic E-state index is 12.5. The second-order valence-corrected chi connectivity index (χ2v) is 20.4. The van der Waals surface area contributed by atoms with Gasteiger partial charge in [0.2, 0.25) is 5.91 Å². The highest BCUT2D eigenvalue weighted by Crippen LogP contribution is 2.17. The Hall–Kier alpha value is -1.65. The molecule has 1 amide bonds. The predicted octanol–water partition coefficient (Wildman–Crippen LogP) is 19.8. The molecule has 0 aromatic carbocycles. The summed E-state index contributed by atoms with van der Waals surface area (Å²) in [6, 6.07) is -0.647. The highest BCUT2D eigenvalue weighted by Gasteiger charge is 2.18. The zero-order chi connectivity index (χ0) is 47.7. The summed E-state index contributed by atoms with van der Waals surface area (Å²) >= 11 is 0. The molecule has 2 unspecified atom stereocenters. The van der Waals surface area contributed by atoms with E-state index in [0.717, 1.165) is 38.5 Å². The SMILES string of the molecule is CCCCCCCCCC/C=C\CCCCCCCCCCCCCCCC(=O)NC(CO)C(O)/C=C/CC/C=C/CC/C=C/CCCCCCCCCCCCCCCCCCCCC. The quantitative estimate of drug-likeness (QED) is 0.0420. The van der Waals surface area contributed by atoms with Gasteiger partial charge in [0, 0.05) is 6.42 Å². The number of nitrogens with one attached hydrogen (secondary N) is 1. The van der Waals surface area contributed by atoms with Crippen LogP contribution in [0.2, 0.25) is 0 Å². The topological polar surface area (TPSA) is 69.6 Å². The second kappa shape index (κ2) is 57.7. The standard InChI is InChI=1S/C62H117NO3/c1-3-5-7-9-11-13-15-17-19-21-23-25-27-29-30-31-32-34-35-37-39-41-43-45-47-49-51-53-55-57-61(65)60(59-64)63-62(66)58-56-54-52-50-48-46-44-42-40-38-36-33-28-26-24-22-20-18-16-14-12-10-8-6-4-2/h22,24,39,41,47,49,55,57,60-61,64-65H,3-21,23,25-38,40,42-46,48,50-54,56,58-59H2,1-2H3,(H,63,66)/b24-22-,41-39+,49-47+,57-55+. The molecule has 0 aliphatic rings. The fourth-order valence-corrected chi connectivity index (χ4v) is 9.21. The number of amides is 1. The summed E-state index contributed by atoms with van der Waals surface area (Å²) in [4.78, 5) is 12.5. The molecule has 4 nitrogen and oxygen atoms in total. The van der Waals surface area contributed by atoms with Crippen LogP contribution in [-0.4, -0.2) is 34.9 Å². The van der Waals surface area contributed by atoms with Gasteiger partial charge in [0.05, 0.1) is 18.8 Å². The van der Waals surface area contributed by atoms with Crippen molar-refractivity contribution in [3.05, 3.63) is 48.6 Å². The zero-order valence-electron chi connectivity index (χ0n) is 44.7. The van der Waals surface area contributed by atoms with Crippen molar-refractivity contribution < 1.29 is 15.0 Å². The van der Waals surface area contributed by atoms with Crippen molar-refractivity contribution in [1.29, 1.82) is 0 Å². The number of carbonyl (C=O) groups is 1. The molecule has 2 atom stereocenters. The van der Waals surface area contributed by atoms with Crippen molar-refractivity contribution >= 4 is 5.91 Å². The Bertz CT molecular complexity index is 1050. The monoisotopic (exact) mass is 924 g/mol. The number of hydrogen-bond donors (Lipinski definition) is 3. The Morgan fingerprint density at radius 1 is 0.348 bits per heavy atom. The molecule has 66 heavy (non-hydrogen) atoms. The molecule has 0 saturated heterocycles. The van der Waals surface area contributed by atoms with E-state index in [1.165, 1.54) is 263 Å². The summed E-state index contributed by atoms with van der Waals surface area (Å²) in [7, 11) is 0. The number of rotatable bonds is 55. The van der Waals surface area contributed by atoms with Gasteiger partial charge in [-0.15, -0.1) is 0 Å². The molecule has 0 saturated carbocycles. The van der Waals surface area contributed by atoms with Crippen LogP contribution in [0.1, 0.15) is 322 Å². The van der Waals surface area contributed by atoms with Crippen LogP contribution in [0.25, 0.3) is 0 Å². The molecule has 0 bridgehead atoms. The predicted molar refractivity (Wildman–Crippen MR) is 295 cm³/mol. The lowest BCUT2D eigenvalue weighted by atomic mass is 10.0. The van der Waals surface area contributed by atoms with E-state index in [9.17, 15) is 15.0 Å². The first-order valence-electron chi connectivity index (χ1n) is 29.9. The van der Waals surface area contributed by atoms with Gasteiger partial charge < -0.3 is 15.5 Å². The van der Waals surface area contributed by atoms with Crippen LogP contribution < -0.4 is 5.32 Å². The maximum Gasteiger partial charge on any atom is 0.220 e. The number of aliphatic hydroxyl groups is 2. The van der Waals surface area contributed by atoms with E-state index in [4.69, 9.17) is 0 Å². The Morgan fingerprint density at radius 2 is 0.591 bits per heavy atom. The largest absolute Gasteiger partial charge is 0.394 e. The molecule has 0 aromatic rings. The van der Waals surface area contributed by atoms with Gasteiger partial charge in [0.15, 0.2) is 0 Å². The highest BCUT2D eigenvalue weighted by atomic mass is 16.3. The first-order chi connectivity index (χ1) is 32.7. The van der Waals surface area contributed by atoms with Crippen LogP contribution in [-0.2, 0) is 4.79 Å². The Kier molecular flexibility index (Phi) is 56.2. The first kappa shape index (κ1) is 64.3. The Morgan fingerprint density at radius 3 is 0.879 bits per heavy atom. The minimum atomic E-state index is -0.872. The van der Waals surface area contributed by atoms with Crippen LogP contribution in [0.3, 0.4) is 0 Å². The molecule has 0 aliphatic heterocycles. The second-order valence-electron chi connectivity index (χ2n) is 20.4. The van der Waals surface area contributed by atoms with E-state index in [1.54, 1.807) is 6.08 Å². The van der Waals surface area contributed by atoms with E-state index in [0.29, 0.717) is 6.42 Å². The van der Waals surface area contributed by atoms with Gasteiger partial charge in [0.25, 0.3) is 0 Å². The molecule has 0 rings (SSSR count). The third kappa shape index (κ3) is 53.3. The molecule has 0 spiro atoms. The molecule has 0 fully saturated rings. The summed E-state index contributed by atoms with van der Waals surface area (Å²) in [5.41, 5.74) is 0. The highest BCUT2D eigenvalue weighted by molar-refractivity contribution is 5.76. The van der Waals surface area contributed by atoms with Gasteiger partial charge in [-0.1, -0.05) is 294 Å². The number of aliphatic hydroxyl groups excluding tert-OH is 2. The van der Waals surface area contributed by atoms with Crippen molar-refractivity contribution in [2.24, 2.45) is 0 Å². The van der Waals surface area contributed by atoms with Gasteiger partial charge >= 0.3 is 0 Å². The third-order valence-electron chi connectivity index (χ3n) is 13.8. The summed E-state index contributed by atoms with van der Waals surface area (Å²) in [5, 5.41) is 23.2. The molecule has 4 heteroatoms. The molecular weight excluding hydrogens is 807 g/mol. The van der Waals surface area contributed by atoms with Gasteiger partial charge in [-0.05, 0) is 70.6 Å². The number of allylic oxidation sites excluding steroid dienone is 7. The lowest BCUT2D eigenvalue weighted by Crippen LogP contribution is -2.45. The number of hydrogen-bond acceptors (Lipinski definition) is 3. The van der Waals surface area contributed by atoms with E-state index in [1.807, 2.05) is 6.08 Å². The minimum absolute atomic E-state index is 0.0744. The van der Waals surface area contributed by atoms with Crippen molar-refractivity contribution in [2.75, 3.05) is 6.61 Å². The first-order valence-corrected chi connectivity index (χ1v) is 29.9. The summed E-state index contributed by atoms with van der Waals surface area (Å²) in [5.74, 6) is -0.0744. The molecular formula is C62H117NO3. The van der Waals surface area contributed by atoms with Crippen LogP contribution in [0.15, 0.2) is 48.6 Å². The number of carbonyl (C=O) groups excluding carboxylic acids is 1. The molecule has 0 aromatic heterocycles. The van der Waals surface area contributed by atoms with E-state index >= 15 is 0 Å². The van der Waals surface area contributed by atoms with E-state index in [-0.39, 0.29) is 12.5 Å². The fraction of sp³-hybridized carbons (Fsp3) is 0.855. The molecule has 3 N–H and O–H groups in total.